The summed E-state index contributed by atoms with van der Waals surface area (Å²) in [7, 11) is 1.79. The summed E-state index contributed by atoms with van der Waals surface area (Å²) in [4.78, 5) is 24.0. The molecule has 192 valence electrons. The molecule has 0 amide bonds. The fourth-order valence-corrected chi connectivity index (χ4v) is 4.56. The van der Waals surface area contributed by atoms with E-state index >= 15 is 0 Å². The zero-order chi connectivity index (χ0) is 25.8. The molecule has 4 rings (SSSR count). The van der Waals surface area contributed by atoms with Crippen LogP contribution in [0.3, 0.4) is 0 Å². The molecule has 36 heavy (non-hydrogen) atoms. The molecule has 1 saturated heterocycles. The van der Waals surface area contributed by atoms with Crippen molar-refractivity contribution >= 4 is 11.6 Å². The molecule has 1 unspecified atom stereocenters. The first-order valence-corrected chi connectivity index (χ1v) is 12.4. The summed E-state index contributed by atoms with van der Waals surface area (Å²) in [5.74, 6) is 3.41. The van der Waals surface area contributed by atoms with Crippen molar-refractivity contribution in [1.82, 2.24) is 20.4 Å². The van der Waals surface area contributed by atoms with Crippen molar-refractivity contribution in [3.63, 3.8) is 0 Å². The van der Waals surface area contributed by atoms with Crippen LogP contribution in [0.1, 0.15) is 36.8 Å². The van der Waals surface area contributed by atoms with Gasteiger partial charge in [0.25, 0.3) is 0 Å². The lowest BCUT2D eigenvalue weighted by molar-refractivity contribution is -0.119. The second-order valence-electron chi connectivity index (χ2n) is 9.46. The van der Waals surface area contributed by atoms with E-state index in [1.165, 1.54) is 0 Å². The highest BCUT2D eigenvalue weighted by Crippen LogP contribution is 2.37. The van der Waals surface area contributed by atoms with E-state index in [1.807, 2.05) is 52.0 Å². The smallest absolute Gasteiger partial charge is 0.162 e. The number of benzene rings is 1. The fraction of sp³-hybridized carbons (Fsp3) is 0.481. The Bertz CT molecular complexity index is 1200. The summed E-state index contributed by atoms with van der Waals surface area (Å²) in [6.45, 7) is 9.94. The van der Waals surface area contributed by atoms with Gasteiger partial charge in [-0.25, -0.2) is 9.97 Å². The Balaban J connectivity index is 1.68. The van der Waals surface area contributed by atoms with Gasteiger partial charge in [-0.1, -0.05) is 24.2 Å². The lowest BCUT2D eigenvalue weighted by Gasteiger charge is -2.41. The fourth-order valence-electron chi connectivity index (χ4n) is 4.56. The molecule has 9 heteroatoms. The number of anilines is 1. The van der Waals surface area contributed by atoms with Gasteiger partial charge >= 0.3 is 0 Å². The molecule has 0 spiro atoms. The summed E-state index contributed by atoms with van der Waals surface area (Å²) >= 11 is 0. The molecule has 1 atom stereocenters. The molecule has 1 fully saturated rings. The summed E-state index contributed by atoms with van der Waals surface area (Å²) in [6, 6.07) is 7.58. The molecule has 1 aromatic carbocycles. The van der Waals surface area contributed by atoms with Crippen molar-refractivity contribution in [2.24, 2.45) is 5.92 Å². The van der Waals surface area contributed by atoms with Crippen molar-refractivity contribution in [1.29, 1.82) is 0 Å². The summed E-state index contributed by atoms with van der Waals surface area (Å²) in [5, 5.41) is 17.1. The Labute approximate surface area is 211 Å². The molecule has 3 heterocycles. The lowest BCUT2D eigenvalue weighted by Crippen LogP contribution is -2.48. The average Bonchev–Trinajstić information content (AvgIpc) is 3.18. The third-order valence-electron chi connectivity index (χ3n) is 6.53. The maximum absolute atomic E-state index is 11.9. The maximum Gasteiger partial charge on any atom is 0.162 e. The highest BCUT2D eigenvalue weighted by atomic mass is 16.5. The van der Waals surface area contributed by atoms with Crippen LogP contribution < -0.4 is 15.0 Å². The van der Waals surface area contributed by atoms with E-state index in [2.05, 4.69) is 15.4 Å². The number of nitrogens with one attached hydrogen (secondary N) is 1. The predicted molar refractivity (Wildman–Crippen MR) is 138 cm³/mol. The van der Waals surface area contributed by atoms with Gasteiger partial charge in [-0.3, -0.25) is 4.79 Å². The molecule has 0 bridgehead atoms. The topological polar surface area (TPSA) is 114 Å². The number of ether oxygens (including phenoxy) is 1. The molecule has 9 nitrogen and oxygen atoms in total. The van der Waals surface area contributed by atoms with Crippen molar-refractivity contribution in [2.45, 2.75) is 46.6 Å². The molecule has 0 radical (unpaired) electrons. The van der Waals surface area contributed by atoms with Gasteiger partial charge in [-0.2, -0.15) is 0 Å². The van der Waals surface area contributed by atoms with Crippen molar-refractivity contribution < 1.29 is 19.2 Å². The molecule has 2 aromatic heterocycles. The summed E-state index contributed by atoms with van der Waals surface area (Å²) in [6.07, 6.45) is 0.582. The second-order valence-corrected chi connectivity index (χ2v) is 9.46. The molecule has 2 N–H and O–H groups in total. The van der Waals surface area contributed by atoms with Gasteiger partial charge in [-0.05, 0) is 40.0 Å². The number of nitrogens with zero attached hydrogens (tertiary/aromatic N) is 4. The first kappa shape index (κ1) is 25.8. The standard InChI is InChI=1S/C27H35N5O4/c1-6-21(33)10-19-13-32(14-19)27-16(2)25(24-17(3)31-36-18(24)4)29-26(30-27)20-8-7-9-23(11-20)35-15-22(34)12-28-5/h7-9,11,19,22,28,34H,6,10,12-15H2,1-5H3. The molecule has 1 aliphatic rings. The number of aryl methyl sites for hydroxylation is 2. The van der Waals surface area contributed by atoms with E-state index < -0.39 is 6.10 Å². The van der Waals surface area contributed by atoms with Gasteiger partial charge in [0, 0.05) is 49.5 Å². The minimum absolute atomic E-state index is 0.181. The van der Waals surface area contributed by atoms with Crippen molar-refractivity contribution in [2.75, 3.05) is 38.2 Å². The normalized spacial score (nSPS) is 14.6. The van der Waals surface area contributed by atoms with Crippen molar-refractivity contribution in [3.05, 3.63) is 41.3 Å². The predicted octanol–water partition coefficient (Wildman–Crippen LogP) is 3.49. The van der Waals surface area contributed by atoms with Crippen LogP contribution in [0.5, 0.6) is 5.75 Å². The molecule has 0 saturated carbocycles. The monoisotopic (exact) mass is 493 g/mol. The minimum atomic E-state index is -0.606. The van der Waals surface area contributed by atoms with Crippen LogP contribution in [0.15, 0.2) is 28.8 Å². The quantitative estimate of drug-likeness (QED) is 0.414. The van der Waals surface area contributed by atoms with Crippen LogP contribution in [0.25, 0.3) is 22.6 Å². The zero-order valence-electron chi connectivity index (χ0n) is 21.7. The van der Waals surface area contributed by atoms with Crippen LogP contribution >= 0.6 is 0 Å². The number of aliphatic hydroxyl groups excluding tert-OH is 1. The van der Waals surface area contributed by atoms with Crippen LogP contribution in [0.4, 0.5) is 5.82 Å². The molecule has 1 aliphatic heterocycles. The number of likely N-dealkylation sites (N-methyl/N-ethyl adjacent to an activating group) is 1. The number of aliphatic hydroxyl groups is 1. The third kappa shape index (κ3) is 5.57. The number of Topliss-reactive ketones (excluding diaryl/α,β-unsaturated/α-hetero) is 1. The number of carbonyl (C=O) groups is 1. The third-order valence-corrected chi connectivity index (χ3v) is 6.53. The van der Waals surface area contributed by atoms with Gasteiger partial charge in [0.15, 0.2) is 5.82 Å². The first-order valence-electron chi connectivity index (χ1n) is 12.4. The van der Waals surface area contributed by atoms with Crippen LogP contribution in [-0.2, 0) is 4.79 Å². The van der Waals surface area contributed by atoms with E-state index in [1.54, 1.807) is 7.05 Å². The molecule has 3 aromatic rings. The van der Waals surface area contributed by atoms with Crippen molar-refractivity contribution in [3.8, 4) is 28.4 Å². The maximum atomic E-state index is 11.9. The molecular formula is C27H35N5O4. The Morgan fingerprint density at radius 3 is 2.72 bits per heavy atom. The van der Waals surface area contributed by atoms with Gasteiger partial charge in [0.1, 0.15) is 35.8 Å². The van der Waals surface area contributed by atoms with E-state index in [4.69, 9.17) is 19.2 Å². The average molecular weight is 494 g/mol. The Morgan fingerprint density at radius 1 is 1.28 bits per heavy atom. The molecule has 0 aliphatic carbocycles. The minimum Gasteiger partial charge on any atom is -0.491 e. The summed E-state index contributed by atoms with van der Waals surface area (Å²) < 4.78 is 11.3. The Hall–Kier alpha value is -3.30. The second kappa shape index (κ2) is 11.2. The Kier molecular flexibility index (Phi) is 8.01. The van der Waals surface area contributed by atoms with Gasteiger partial charge < -0.3 is 24.6 Å². The van der Waals surface area contributed by atoms with Gasteiger partial charge in [0.2, 0.25) is 0 Å². The SMILES string of the molecule is CCC(=O)CC1CN(c2nc(-c3cccc(OCC(O)CNC)c3)nc(-c3c(C)noc3C)c2C)C1. The number of rotatable bonds is 11. The Morgan fingerprint density at radius 2 is 2.06 bits per heavy atom. The lowest BCUT2D eigenvalue weighted by atomic mass is 9.92. The number of carbonyl (C=O) groups excluding carboxylic acids is 1. The van der Waals surface area contributed by atoms with Crippen LogP contribution in [0.2, 0.25) is 0 Å². The number of aromatic nitrogens is 3. The van der Waals surface area contributed by atoms with Crippen LogP contribution in [-0.4, -0.2) is 65.4 Å². The highest BCUT2D eigenvalue weighted by Gasteiger charge is 2.32. The largest absolute Gasteiger partial charge is 0.491 e. The highest BCUT2D eigenvalue weighted by molar-refractivity contribution is 5.79. The summed E-state index contributed by atoms with van der Waals surface area (Å²) in [5.41, 5.74) is 4.20. The number of ketones is 1. The van der Waals surface area contributed by atoms with Gasteiger partial charge in [-0.15, -0.1) is 0 Å². The molecular weight excluding hydrogens is 458 g/mol. The van der Waals surface area contributed by atoms with E-state index in [-0.39, 0.29) is 6.61 Å². The van der Waals surface area contributed by atoms with Gasteiger partial charge in [0.05, 0.1) is 17.0 Å². The van der Waals surface area contributed by atoms with E-state index in [9.17, 15) is 9.90 Å². The number of hydrogen-bond donors (Lipinski definition) is 2. The number of hydrogen-bond acceptors (Lipinski definition) is 9. The van der Waals surface area contributed by atoms with Crippen LogP contribution in [0, 0.1) is 26.7 Å². The zero-order valence-corrected chi connectivity index (χ0v) is 21.7. The van der Waals surface area contributed by atoms with E-state index in [0.29, 0.717) is 48.4 Å². The first-order chi connectivity index (χ1) is 17.3. The van der Waals surface area contributed by atoms with E-state index in [0.717, 1.165) is 47.0 Å².